The van der Waals surface area contributed by atoms with Crippen LogP contribution in [0.1, 0.15) is 39.2 Å². The number of carbonyl (C=O) groups excluding carboxylic acids is 1. The van der Waals surface area contributed by atoms with Crippen LogP contribution in [0.3, 0.4) is 0 Å². The van der Waals surface area contributed by atoms with Crippen LogP contribution in [-0.4, -0.2) is 38.0 Å². The van der Waals surface area contributed by atoms with Gasteiger partial charge in [0, 0.05) is 13.6 Å². The Morgan fingerprint density at radius 1 is 1.43 bits per heavy atom. The molecule has 6 nitrogen and oxygen atoms in total. The minimum atomic E-state index is -3.52. The molecule has 1 saturated carbocycles. The Morgan fingerprint density at radius 3 is 2.57 bits per heavy atom. The topological polar surface area (TPSA) is 75.7 Å². The highest BCUT2D eigenvalue weighted by molar-refractivity contribution is 7.91. The first kappa shape index (κ1) is 18.2. The van der Waals surface area contributed by atoms with Crippen LogP contribution < -0.4 is 5.32 Å². The summed E-state index contributed by atoms with van der Waals surface area (Å²) in [5.74, 6) is 0.481. The SMILES string of the molecule is Cc1cc(NC(=O)OC(C)(C)C)sc1S(=O)(=O)N(C)CC1CC1. The second kappa shape index (κ2) is 6.41. The third-order valence-corrected chi connectivity index (χ3v) is 6.94. The van der Waals surface area contributed by atoms with Gasteiger partial charge in [0.25, 0.3) is 10.0 Å². The fraction of sp³-hybridized carbons (Fsp3) is 0.667. The molecule has 8 heteroatoms. The van der Waals surface area contributed by atoms with Crippen molar-refractivity contribution in [3.8, 4) is 0 Å². The molecule has 0 unspecified atom stereocenters. The van der Waals surface area contributed by atoms with Crippen LogP contribution in [0.2, 0.25) is 0 Å². The van der Waals surface area contributed by atoms with Gasteiger partial charge in [0.15, 0.2) is 0 Å². The van der Waals surface area contributed by atoms with E-state index < -0.39 is 21.7 Å². The number of ether oxygens (including phenoxy) is 1. The number of thiophene rings is 1. The summed E-state index contributed by atoms with van der Waals surface area (Å²) in [5.41, 5.74) is 0.0270. The van der Waals surface area contributed by atoms with Crippen LogP contribution >= 0.6 is 11.3 Å². The monoisotopic (exact) mass is 360 g/mol. The maximum Gasteiger partial charge on any atom is 0.412 e. The molecular formula is C15H24N2O4S2. The van der Waals surface area contributed by atoms with Gasteiger partial charge in [0.05, 0.1) is 5.00 Å². The Balaban J connectivity index is 2.12. The number of carbonyl (C=O) groups is 1. The molecule has 1 aromatic rings. The molecule has 0 spiro atoms. The summed E-state index contributed by atoms with van der Waals surface area (Å²) < 4.78 is 32.1. The van der Waals surface area contributed by atoms with Gasteiger partial charge in [-0.3, -0.25) is 5.32 Å². The van der Waals surface area contributed by atoms with Crippen molar-refractivity contribution in [3.63, 3.8) is 0 Å². The Hall–Kier alpha value is -1.12. The Kier molecular flexibility index (Phi) is 5.08. The summed E-state index contributed by atoms with van der Waals surface area (Å²) in [5, 5.41) is 3.07. The van der Waals surface area contributed by atoms with Crippen molar-refractivity contribution in [1.82, 2.24) is 4.31 Å². The van der Waals surface area contributed by atoms with Gasteiger partial charge in [-0.15, -0.1) is 11.3 Å². The molecule has 23 heavy (non-hydrogen) atoms. The summed E-state index contributed by atoms with van der Waals surface area (Å²) in [7, 11) is -1.91. The van der Waals surface area contributed by atoms with E-state index in [9.17, 15) is 13.2 Å². The molecule has 0 aromatic carbocycles. The van der Waals surface area contributed by atoms with Crippen LogP contribution in [-0.2, 0) is 14.8 Å². The predicted molar refractivity (Wildman–Crippen MR) is 91.5 cm³/mol. The minimum Gasteiger partial charge on any atom is -0.444 e. The molecule has 130 valence electrons. The van der Waals surface area contributed by atoms with Crippen LogP contribution in [0, 0.1) is 12.8 Å². The van der Waals surface area contributed by atoms with E-state index in [4.69, 9.17) is 4.74 Å². The Labute approximate surface area is 141 Å². The number of nitrogens with one attached hydrogen (secondary N) is 1. The summed E-state index contributed by atoms with van der Waals surface area (Å²) in [6, 6.07) is 1.66. The normalized spacial score (nSPS) is 15.7. The van der Waals surface area contributed by atoms with Gasteiger partial charge in [0.2, 0.25) is 0 Å². The maximum atomic E-state index is 12.6. The third-order valence-electron chi connectivity index (χ3n) is 3.35. The first-order valence-electron chi connectivity index (χ1n) is 7.56. The molecule has 1 fully saturated rings. The molecule has 1 aromatic heterocycles. The number of hydrogen-bond donors (Lipinski definition) is 1. The van der Waals surface area contributed by atoms with Gasteiger partial charge < -0.3 is 4.74 Å². The first-order chi connectivity index (χ1) is 10.5. The third kappa shape index (κ3) is 4.92. The second-order valence-electron chi connectivity index (χ2n) is 6.94. The van der Waals surface area contributed by atoms with Crippen molar-refractivity contribution >= 4 is 32.5 Å². The lowest BCUT2D eigenvalue weighted by Crippen LogP contribution is -2.28. The van der Waals surface area contributed by atoms with Crippen LogP contribution in [0.5, 0.6) is 0 Å². The number of sulfonamides is 1. The van der Waals surface area contributed by atoms with Crippen LogP contribution in [0.4, 0.5) is 9.80 Å². The molecule has 1 amide bonds. The zero-order valence-electron chi connectivity index (χ0n) is 14.2. The zero-order valence-corrected chi connectivity index (χ0v) is 15.8. The number of nitrogens with zero attached hydrogens (tertiary/aromatic N) is 1. The van der Waals surface area contributed by atoms with E-state index in [0.717, 1.165) is 24.2 Å². The van der Waals surface area contributed by atoms with E-state index in [0.29, 0.717) is 23.0 Å². The van der Waals surface area contributed by atoms with Crippen LogP contribution in [0.25, 0.3) is 0 Å². The van der Waals surface area contributed by atoms with Gasteiger partial charge in [-0.25, -0.2) is 13.2 Å². The van der Waals surface area contributed by atoms with E-state index in [2.05, 4.69) is 5.32 Å². The average Bonchev–Trinajstić information content (AvgIpc) is 3.09. The molecule has 1 aliphatic carbocycles. The number of rotatable bonds is 5. The van der Waals surface area contributed by atoms with Crippen LogP contribution in [0.15, 0.2) is 10.3 Å². The standard InChI is InChI=1S/C15H24N2O4S2/c1-10-8-12(16-14(18)21-15(2,3)4)22-13(10)23(19,20)17(5)9-11-6-7-11/h8,11H,6-7,9H2,1-5H3,(H,16,18). The number of hydrogen-bond acceptors (Lipinski definition) is 5. The van der Waals surface area contributed by atoms with Gasteiger partial charge in [0.1, 0.15) is 9.81 Å². The second-order valence-corrected chi connectivity index (χ2v) is 10.2. The molecule has 0 atom stereocenters. The van der Waals surface area contributed by atoms with Crippen molar-refractivity contribution in [2.75, 3.05) is 18.9 Å². The fourth-order valence-corrected chi connectivity index (χ4v) is 5.11. The zero-order chi connectivity index (χ0) is 17.4. The van der Waals surface area contributed by atoms with Crippen molar-refractivity contribution < 1.29 is 17.9 Å². The Morgan fingerprint density at radius 2 is 2.04 bits per heavy atom. The minimum absolute atomic E-state index is 0.270. The molecule has 0 radical (unpaired) electrons. The summed E-state index contributed by atoms with van der Waals surface area (Å²) in [6.45, 7) is 7.60. The smallest absolute Gasteiger partial charge is 0.412 e. The molecule has 0 aliphatic heterocycles. The molecule has 0 saturated heterocycles. The lowest BCUT2D eigenvalue weighted by Gasteiger charge is -2.19. The predicted octanol–water partition coefficient (Wildman–Crippen LogP) is 3.43. The van der Waals surface area contributed by atoms with Crippen molar-refractivity contribution in [2.24, 2.45) is 5.92 Å². The molecule has 1 aliphatic rings. The summed E-state index contributed by atoms with van der Waals surface area (Å²) in [6.07, 6.45) is 1.60. The van der Waals surface area contributed by atoms with E-state index >= 15 is 0 Å². The molecule has 1 N–H and O–H groups in total. The van der Waals surface area contributed by atoms with Crippen molar-refractivity contribution in [2.45, 2.75) is 50.3 Å². The number of amides is 1. The Bertz CT molecular complexity index is 685. The van der Waals surface area contributed by atoms with Crippen molar-refractivity contribution in [3.05, 3.63) is 11.6 Å². The van der Waals surface area contributed by atoms with E-state index in [1.54, 1.807) is 40.8 Å². The molecule has 1 heterocycles. The maximum absolute atomic E-state index is 12.6. The van der Waals surface area contributed by atoms with E-state index in [1.807, 2.05) is 0 Å². The van der Waals surface area contributed by atoms with E-state index in [1.165, 1.54) is 4.31 Å². The summed E-state index contributed by atoms with van der Waals surface area (Å²) >= 11 is 1.06. The lowest BCUT2D eigenvalue weighted by atomic mass is 10.2. The lowest BCUT2D eigenvalue weighted by molar-refractivity contribution is 0.0636. The first-order valence-corrected chi connectivity index (χ1v) is 9.81. The van der Waals surface area contributed by atoms with Gasteiger partial charge in [-0.2, -0.15) is 4.31 Å². The fourth-order valence-electron chi connectivity index (χ4n) is 2.09. The summed E-state index contributed by atoms with van der Waals surface area (Å²) in [4.78, 5) is 11.8. The molecular weight excluding hydrogens is 336 g/mol. The highest BCUT2D eigenvalue weighted by Crippen LogP contribution is 2.35. The number of aryl methyl sites for hydroxylation is 1. The van der Waals surface area contributed by atoms with Gasteiger partial charge in [-0.1, -0.05) is 0 Å². The number of anilines is 1. The largest absolute Gasteiger partial charge is 0.444 e. The quantitative estimate of drug-likeness (QED) is 0.873. The van der Waals surface area contributed by atoms with Gasteiger partial charge in [-0.05, 0) is 58.1 Å². The van der Waals surface area contributed by atoms with Crippen molar-refractivity contribution in [1.29, 1.82) is 0 Å². The molecule has 2 rings (SSSR count). The average molecular weight is 361 g/mol. The highest BCUT2D eigenvalue weighted by atomic mass is 32.2. The van der Waals surface area contributed by atoms with Gasteiger partial charge >= 0.3 is 6.09 Å². The highest BCUT2D eigenvalue weighted by Gasteiger charge is 2.31. The molecule has 0 bridgehead atoms. The van der Waals surface area contributed by atoms with E-state index in [-0.39, 0.29) is 4.21 Å².